The number of piperazine rings is 1. The van der Waals surface area contributed by atoms with E-state index in [4.69, 9.17) is 0 Å². The van der Waals surface area contributed by atoms with Gasteiger partial charge in [-0.2, -0.15) is 0 Å². The van der Waals surface area contributed by atoms with Crippen molar-refractivity contribution in [3.8, 4) is 22.5 Å². The maximum Gasteiger partial charge on any atom is 0.242 e. The Kier molecular flexibility index (Phi) is 7.17. The Hall–Kier alpha value is -4.53. The van der Waals surface area contributed by atoms with Crippen molar-refractivity contribution in [3.63, 3.8) is 0 Å². The van der Waals surface area contributed by atoms with Crippen LogP contribution in [0.4, 0.5) is 15.9 Å². The van der Waals surface area contributed by atoms with Crippen LogP contribution in [0.5, 0.6) is 0 Å². The Balaban J connectivity index is 1.39. The average Bonchev–Trinajstić information content (AvgIpc) is 3.33. The Morgan fingerprint density at radius 1 is 0.947 bits per heavy atom. The summed E-state index contributed by atoms with van der Waals surface area (Å²) >= 11 is 0. The van der Waals surface area contributed by atoms with Gasteiger partial charge in [0, 0.05) is 56.1 Å². The first-order valence-electron chi connectivity index (χ1n) is 12.4. The minimum absolute atomic E-state index is 0.0156. The molecule has 1 saturated heterocycles. The molecule has 5 rings (SSSR count). The van der Waals surface area contributed by atoms with Crippen LogP contribution in [0.15, 0.2) is 73.2 Å². The number of nitrogens with one attached hydrogen (secondary N) is 1. The number of aromatic nitrogens is 3. The van der Waals surface area contributed by atoms with Gasteiger partial charge in [0.15, 0.2) is 0 Å². The number of amides is 2. The van der Waals surface area contributed by atoms with Gasteiger partial charge in [-0.05, 0) is 61.0 Å². The second kappa shape index (κ2) is 10.8. The third-order valence-corrected chi connectivity index (χ3v) is 6.53. The highest BCUT2D eigenvalue weighted by molar-refractivity contribution is 5.89. The van der Waals surface area contributed by atoms with Gasteiger partial charge in [-0.1, -0.05) is 12.1 Å². The van der Waals surface area contributed by atoms with Crippen molar-refractivity contribution in [3.05, 3.63) is 91.5 Å². The summed E-state index contributed by atoms with van der Waals surface area (Å²) in [5.41, 5.74) is 4.83. The fourth-order valence-corrected chi connectivity index (χ4v) is 4.62. The standard InChI is InChI=1S/C29H28FN6O2/c1-20-3-9-25(10-4-20)34-13-15-35(16-14-34)27(38)18-36-19-32-28(22-5-7-24(30)8-6-22)29(36)23-11-12-31-26(17-23)33-21(2)37/h3-12,17,19H,1,13-16,18H2,2H3,(H,31,33,37). The van der Waals surface area contributed by atoms with Crippen LogP contribution in [0, 0.1) is 12.7 Å². The smallest absolute Gasteiger partial charge is 0.242 e. The van der Waals surface area contributed by atoms with Crippen LogP contribution < -0.4 is 10.2 Å². The Morgan fingerprint density at radius 3 is 2.34 bits per heavy atom. The number of halogens is 1. The van der Waals surface area contributed by atoms with Gasteiger partial charge in [0.1, 0.15) is 18.2 Å². The molecule has 2 aromatic heterocycles. The summed E-state index contributed by atoms with van der Waals surface area (Å²) in [6.45, 7) is 8.15. The summed E-state index contributed by atoms with van der Waals surface area (Å²) in [6.07, 6.45) is 3.22. The third-order valence-electron chi connectivity index (χ3n) is 6.53. The molecule has 2 amide bonds. The predicted octanol–water partition coefficient (Wildman–Crippen LogP) is 4.24. The topological polar surface area (TPSA) is 83.4 Å². The summed E-state index contributed by atoms with van der Waals surface area (Å²) in [4.78, 5) is 37.9. The minimum Gasteiger partial charge on any atom is -0.368 e. The maximum atomic E-state index is 13.6. The molecule has 8 nitrogen and oxygen atoms in total. The fraction of sp³-hybridized carbons (Fsp3) is 0.207. The van der Waals surface area contributed by atoms with Gasteiger partial charge < -0.3 is 19.7 Å². The van der Waals surface area contributed by atoms with Crippen molar-refractivity contribution in [1.29, 1.82) is 0 Å². The highest BCUT2D eigenvalue weighted by Gasteiger charge is 2.24. The molecule has 0 aliphatic carbocycles. The van der Waals surface area contributed by atoms with E-state index in [1.807, 2.05) is 17.0 Å². The molecule has 0 spiro atoms. The quantitative estimate of drug-likeness (QED) is 0.419. The first kappa shape index (κ1) is 25.1. The molecule has 0 saturated carbocycles. The van der Waals surface area contributed by atoms with E-state index in [9.17, 15) is 14.0 Å². The molecule has 1 aliphatic heterocycles. The number of imidazole rings is 1. The Morgan fingerprint density at radius 2 is 1.66 bits per heavy atom. The van der Waals surface area contributed by atoms with Crippen molar-refractivity contribution in [2.45, 2.75) is 13.5 Å². The van der Waals surface area contributed by atoms with Crippen LogP contribution in [0.2, 0.25) is 0 Å². The number of carbonyl (C=O) groups is 2. The van der Waals surface area contributed by atoms with E-state index in [-0.39, 0.29) is 24.2 Å². The number of benzene rings is 2. The average molecular weight is 512 g/mol. The maximum absolute atomic E-state index is 13.6. The fourth-order valence-electron chi connectivity index (χ4n) is 4.62. The molecule has 3 heterocycles. The van der Waals surface area contributed by atoms with Gasteiger partial charge in [-0.25, -0.2) is 14.4 Å². The number of pyridine rings is 1. The molecule has 2 aromatic carbocycles. The van der Waals surface area contributed by atoms with Gasteiger partial charge in [-0.15, -0.1) is 0 Å². The Bertz CT molecular complexity index is 1440. The molecule has 1 N–H and O–H groups in total. The van der Waals surface area contributed by atoms with E-state index in [0.717, 1.165) is 29.9 Å². The van der Waals surface area contributed by atoms with Gasteiger partial charge in [-0.3, -0.25) is 9.59 Å². The van der Waals surface area contributed by atoms with Crippen molar-refractivity contribution in [1.82, 2.24) is 19.4 Å². The highest BCUT2D eigenvalue weighted by Crippen LogP contribution is 2.32. The molecule has 193 valence electrons. The number of rotatable bonds is 6. The summed E-state index contributed by atoms with van der Waals surface area (Å²) in [5.74, 6) is -0.206. The van der Waals surface area contributed by atoms with E-state index < -0.39 is 0 Å². The van der Waals surface area contributed by atoms with Crippen molar-refractivity contribution in [2.24, 2.45) is 0 Å². The lowest BCUT2D eigenvalue weighted by Crippen LogP contribution is -2.49. The third kappa shape index (κ3) is 5.56. The number of carbonyl (C=O) groups excluding carboxylic acids is 2. The molecule has 1 fully saturated rings. The molecule has 9 heteroatoms. The summed E-state index contributed by atoms with van der Waals surface area (Å²) in [6, 6.07) is 17.7. The van der Waals surface area contributed by atoms with E-state index in [0.29, 0.717) is 35.9 Å². The summed E-state index contributed by atoms with van der Waals surface area (Å²) in [5, 5.41) is 2.69. The van der Waals surface area contributed by atoms with E-state index in [1.54, 1.807) is 41.4 Å². The number of anilines is 2. The van der Waals surface area contributed by atoms with Crippen molar-refractivity contribution >= 4 is 23.3 Å². The van der Waals surface area contributed by atoms with Gasteiger partial charge >= 0.3 is 0 Å². The largest absolute Gasteiger partial charge is 0.368 e. The molecular weight excluding hydrogens is 483 g/mol. The lowest BCUT2D eigenvalue weighted by molar-refractivity contribution is -0.132. The first-order chi connectivity index (χ1) is 18.4. The first-order valence-corrected chi connectivity index (χ1v) is 12.4. The zero-order valence-corrected chi connectivity index (χ0v) is 21.1. The molecule has 4 aromatic rings. The number of hydrogen-bond acceptors (Lipinski definition) is 5. The molecule has 38 heavy (non-hydrogen) atoms. The van der Waals surface area contributed by atoms with Crippen molar-refractivity contribution in [2.75, 3.05) is 36.4 Å². The monoisotopic (exact) mass is 511 g/mol. The molecule has 0 atom stereocenters. The summed E-state index contributed by atoms with van der Waals surface area (Å²) in [7, 11) is 0. The molecular formula is C29H28FN6O2. The van der Waals surface area contributed by atoms with Gasteiger partial charge in [0.2, 0.25) is 11.8 Å². The number of nitrogens with zero attached hydrogens (tertiary/aromatic N) is 5. The minimum atomic E-state index is -0.344. The SMILES string of the molecule is [CH2]c1ccc(N2CCN(C(=O)Cn3cnc(-c4ccc(F)cc4)c3-c3ccnc(NC(C)=O)c3)CC2)cc1. The molecule has 0 bridgehead atoms. The van der Waals surface area contributed by atoms with Gasteiger partial charge in [0.05, 0.1) is 17.7 Å². The molecule has 1 aliphatic rings. The zero-order valence-electron chi connectivity index (χ0n) is 21.1. The zero-order chi connectivity index (χ0) is 26.6. The van der Waals surface area contributed by atoms with E-state index in [2.05, 4.69) is 39.2 Å². The normalized spacial score (nSPS) is 13.4. The number of hydrogen-bond donors (Lipinski definition) is 1. The van der Waals surface area contributed by atoms with Crippen LogP contribution in [0.3, 0.4) is 0 Å². The van der Waals surface area contributed by atoms with Crippen LogP contribution in [0.25, 0.3) is 22.5 Å². The van der Waals surface area contributed by atoms with E-state index >= 15 is 0 Å². The molecule has 0 unspecified atom stereocenters. The van der Waals surface area contributed by atoms with Gasteiger partial charge in [0.25, 0.3) is 0 Å². The second-order valence-electron chi connectivity index (χ2n) is 9.22. The van der Waals surface area contributed by atoms with Crippen LogP contribution in [0.1, 0.15) is 12.5 Å². The lowest BCUT2D eigenvalue weighted by atomic mass is 10.1. The Labute approximate surface area is 220 Å². The predicted molar refractivity (Wildman–Crippen MR) is 145 cm³/mol. The molecule has 1 radical (unpaired) electrons. The van der Waals surface area contributed by atoms with Crippen LogP contribution >= 0.6 is 0 Å². The van der Waals surface area contributed by atoms with Crippen LogP contribution in [-0.2, 0) is 16.1 Å². The van der Waals surface area contributed by atoms with Crippen LogP contribution in [-0.4, -0.2) is 57.4 Å². The van der Waals surface area contributed by atoms with Crippen molar-refractivity contribution < 1.29 is 14.0 Å². The second-order valence-corrected chi connectivity index (χ2v) is 9.22. The summed E-state index contributed by atoms with van der Waals surface area (Å²) < 4.78 is 15.4. The van der Waals surface area contributed by atoms with E-state index in [1.165, 1.54) is 19.1 Å². The lowest BCUT2D eigenvalue weighted by Gasteiger charge is -2.36. The highest BCUT2D eigenvalue weighted by atomic mass is 19.1.